The predicted octanol–water partition coefficient (Wildman–Crippen LogP) is 2.74. The smallest absolute Gasteiger partial charge is 0.351 e. The maximum Gasteiger partial charge on any atom is 0.435 e. The van der Waals surface area contributed by atoms with Crippen molar-refractivity contribution in [2.24, 2.45) is 0 Å². The van der Waals surface area contributed by atoms with Gasteiger partial charge in [-0.15, -0.1) is 0 Å². The largest absolute Gasteiger partial charge is 0.435 e. The summed E-state index contributed by atoms with van der Waals surface area (Å²) in [6.07, 6.45) is -3.08. The number of alkyl halides is 3. The third kappa shape index (κ3) is 3.22. The Balaban J connectivity index is 1.73. The van der Waals surface area contributed by atoms with Crippen molar-refractivity contribution < 1.29 is 22.5 Å². The van der Waals surface area contributed by atoms with Crippen molar-refractivity contribution in [1.82, 2.24) is 20.3 Å². The molecule has 9 heteroatoms. The summed E-state index contributed by atoms with van der Waals surface area (Å²) < 4.78 is 42.9. The van der Waals surface area contributed by atoms with Gasteiger partial charge < -0.3 is 9.42 Å². The van der Waals surface area contributed by atoms with Gasteiger partial charge in [-0.3, -0.25) is 9.89 Å². The van der Waals surface area contributed by atoms with Crippen LogP contribution in [0.1, 0.15) is 46.4 Å². The molecule has 1 aliphatic heterocycles. The summed E-state index contributed by atoms with van der Waals surface area (Å²) in [7, 11) is 0. The minimum atomic E-state index is -4.48. The van der Waals surface area contributed by atoms with Crippen LogP contribution in [0.4, 0.5) is 13.2 Å². The molecule has 0 aromatic carbocycles. The molecule has 0 saturated carbocycles. The number of likely N-dealkylation sites (tertiary alicyclic amines) is 1. The number of carbonyl (C=O) groups excluding carboxylic acids is 1. The van der Waals surface area contributed by atoms with Crippen molar-refractivity contribution in [3.05, 3.63) is 35.0 Å². The molecule has 0 unspecified atom stereocenters. The highest BCUT2D eigenvalue weighted by atomic mass is 19.4. The van der Waals surface area contributed by atoms with Crippen molar-refractivity contribution >= 4 is 5.91 Å². The highest BCUT2D eigenvalue weighted by Gasteiger charge is 2.35. The Morgan fingerprint density at radius 2 is 2.22 bits per heavy atom. The second-order valence-electron chi connectivity index (χ2n) is 5.63. The molecule has 0 aliphatic carbocycles. The van der Waals surface area contributed by atoms with E-state index in [9.17, 15) is 18.0 Å². The zero-order valence-corrected chi connectivity index (χ0v) is 12.4. The third-order valence-electron chi connectivity index (χ3n) is 3.88. The van der Waals surface area contributed by atoms with E-state index in [4.69, 9.17) is 4.52 Å². The minimum absolute atomic E-state index is 0.142. The minimum Gasteiger partial charge on any atom is -0.351 e. The number of halogens is 3. The standard InChI is InChI=1S/C14H15F3N4O2/c1-8-5-11(23-20-8)13(22)21-4-2-3-9(7-21)10-6-12(19-18-10)14(15,16)17/h5-6,9H,2-4,7H2,1H3,(H,18,19)/t9-/m0/s1. The first-order valence-electron chi connectivity index (χ1n) is 7.19. The number of aromatic nitrogens is 3. The van der Waals surface area contributed by atoms with Gasteiger partial charge in [0.15, 0.2) is 5.69 Å². The van der Waals surface area contributed by atoms with Gasteiger partial charge in [0.05, 0.1) is 5.69 Å². The number of amides is 1. The molecule has 0 radical (unpaired) electrons. The Morgan fingerprint density at radius 3 is 2.83 bits per heavy atom. The molecule has 1 N–H and O–H groups in total. The van der Waals surface area contributed by atoms with E-state index < -0.39 is 11.9 Å². The fourth-order valence-corrected chi connectivity index (χ4v) is 2.73. The van der Waals surface area contributed by atoms with Crippen LogP contribution in [0.2, 0.25) is 0 Å². The van der Waals surface area contributed by atoms with E-state index >= 15 is 0 Å². The van der Waals surface area contributed by atoms with Crippen LogP contribution in [0.15, 0.2) is 16.7 Å². The van der Waals surface area contributed by atoms with Crippen molar-refractivity contribution in [3.63, 3.8) is 0 Å². The molecule has 23 heavy (non-hydrogen) atoms. The number of H-pyrrole nitrogens is 1. The van der Waals surface area contributed by atoms with Crippen molar-refractivity contribution in [3.8, 4) is 0 Å². The molecule has 2 aromatic rings. The van der Waals surface area contributed by atoms with Crippen LogP contribution in [-0.2, 0) is 6.18 Å². The lowest BCUT2D eigenvalue weighted by molar-refractivity contribution is -0.141. The fraction of sp³-hybridized carbons (Fsp3) is 0.500. The van der Waals surface area contributed by atoms with Crippen molar-refractivity contribution in [2.45, 2.75) is 31.9 Å². The van der Waals surface area contributed by atoms with Crippen LogP contribution in [0.3, 0.4) is 0 Å². The fourth-order valence-electron chi connectivity index (χ4n) is 2.73. The van der Waals surface area contributed by atoms with Crippen LogP contribution in [-0.4, -0.2) is 39.3 Å². The molecule has 0 spiro atoms. The normalized spacial score (nSPS) is 19.1. The lowest BCUT2D eigenvalue weighted by atomic mass is 9.94. The molecule has 1 saturated heterocycles. The van der Waals surface area contributed by atoms with Crippen LogP contribution in [0.25, 0.3) is 0 Å². The number of hydrogen-bond acceptors (Lipinski definition) is 4. The first-order chi connectivity index (χ1) is 10.8. The summed E-state index contributed by atoms with van der Waals surface area (Å²) >= 11 is 0. The van der Waals surface area contributed by atoms with Gasteiger partial charge in [0.25, 0.3) is 5.91 Å². The molecule has 1 amide bonds. The maximum absolute atomic E-state index is 12.6. The first-order valence-corrected chi connectivity index (χ1v) is 7.19. The molecule has 2 aromatic heterocycles. The molecule has 3 rings (SSSR count). The number of aryl methyl sites for hydroxylation is 1. The molecule has 1 atom stereocenters. The topological polar surface area (TPSA) is 75.0 Å². The second-order valence-corrected chi connectivity index (χ2v) is 5.63. The van der Waals surface area contributed by atoms with Crippen LogP contribution in [0, 0.1) is 6.92 Å². The quantitative estimate of drug-likeness (QED) is 0.920. The van der Waals surface area contributed by atoms with Gasteiger partial charge in [-0.25, -0.2) is 0 Å². The van der Waals surface area contributed by atoms with Crippen LogP contribution < -0.4 is 0 Å². The summed E-state index contributed by atoms with van der Waals surface area (Å²) in [4.78, 5) is 13.9. The number of nitrogens with zero attached hydrogens (tertiary/aromatic N) is 3. The lowest BCUT2D eigenvalue weighted by Gasteiger charge is -2.31. The zero-order valence-electron chi connectivity index (χ0n) is 12.4. The lowest BCUT2D eigenvalue weighted by Crippen LogP contribution is -2.39. The van der Waals surface area contributed by atoms with E-state index in [0.717, 1.165) is 6.07 Å². The second kappa shape index (κ2) is 5.71. The number of aromatic amines is 1. The van der Waals surface area contributed by atoms with Gasteiger partial charge in [-0.1, -0.05) is 5.16 Å². The van der Waals surface area contributed by atoms with E-state index in [1.807, 2.05) is 0 Å². The number of hydrogen-bond donors (Lipinski definition) is 1. The zero-order chi connectivity index (χ0) is 16.6. The SMILES string of the molecule is Cc1cc(C(=O)N2CCC[C@H](c3cc(C(F)(F)F)n[nH]3)C2)on1. The summed E-state index contributed by atoms with van der Waals surface area (Å²) in [6, 6.07) is 2.56. The highest BCUT2D eigenvalue weighted by molar-refractivity contribution is 5.91. The first kappa shape index (κ1) is 15.6. The van der Waals surface area contributed by atoms with Crippen molar-refractivity contribution in [2.75, 3.05) is 13.1 Å². The van der Waals surface area contributed by atoms with Crippen LogP contribution in [0.5, 0.6) is 0 Å². The van der Waals surface area contributed by atoms with E-state index in [2.05, 4.69) is 15.4 Å². The van der Waals surface area contributed by atoms with Gasteiger partial charge in [0.1, 0.15) is 0 Å². The molecule has 124 valence electrons. The Morgan fingerprint density at radius 1 is 1.43 bits per heavy atom. The molecule has 6 nitrogen and oxygen atoms in total. The van der Waals surface area contributed by atoms with Crippen molar-refractivity contribution in [1.29, 1.82) is 0 Å². The van der Waals surface area contributed by atoms with E-state index in [-0.39, 0.29) is 17.6 Å². The average molecular weight is 328 g/mol. The average Bonchev–Trinajstić information content (AvgIpc) is 3.15. The van der Waals surface area contributed by atoms with E-state index in [1.54, 1.807) is 17.9 Å². The number of nitrogens with one attached hydrogen (secondary N) is 1. The Kier molecular flexibility index (Phi) is 3.87. The summed E-state index contributed by atoms with van der Waals surface area (Å²) in [6.45, 7) is 2.57. The Labute approximate surface area is 129 Å². The number of rotatable bonds is 2. The maximum atomic E-state index is 12.6. The summed E-state index contributed by atoms with van der Waals surface area (Å²) in [5, 5.41) is 9.43. The van der Waals surface area contributed by atoms with Gasteiger partial charge in [-0.05, 0) is 25.8 Å². The number of carbonyl (C=O) groups is 1. The third-order valence-corrected chi connectivity index (χ3v) is 3.88. The summed E-state index contributed by atoms with van der Waals surface area (Å²) in [5.74, 6) is -0.366. The van der Waals surface area contributed by atoms with Gasteiger partial charge in [-0.2, -0.15) is 18.3 Å². The predicted molar refractivity (Wildman–Crippen MR) is 72.7 cm³/mol. The molecule has 0 bridgehead atoms. The Hall–Kier alpha value is -2.32. The molecule has 1 aliphatic rings. The summed E-state index contributed by atoms with van der Waals surface area (Å²) in [5.41, 5.74) is 0.0516. The Bertz CT molecular complexity index is 707. The van der Waals surface area contributed by atoms with Gasteiger partial charge in [0, 0.05) is 30.8 Å². The van der Waals surface area contributed by atoms with Crippen LogP contribution >= 0.6 is 0 Å². The molecule has 1 fully saturated rings. The number of piperidine rings is 1. The van der Waals surface area contributed by atoms with Gasteiger partial charge in [0.2, 0.25) is 5.76 Å². The van der Waals surface area contributed by atoms with E-state index in [1.165, 1.54) is 0 Å². The monoisotopic (exact) mass is 328 g/mol. The highest BCUT2D eigenvalue weighted by Crippen LogP contribution is 2.32. The molecular formula is C14H15F3N4O2. The molecule has 3 heterocycles. The molecular weight excluding hydrogens is 313 g/mol. The van der Waals surface area contributed by atoms with E-state index in [0.29, 0.717) is 37.3 Å². The van der Waals surface area contributed by atoms with Gasteiger partial charge >= 0.3 is 6.18 Å².